The van der Waals surface area contributed by atoms with Gasteiger partial charge in [0.2, 0.25) is 0 Å². The number of hydrogen-bond donors (Lipinski definition) is 0. The van der Waals surface area contributed by atoms with Gasteiger partial charge in [0.05, 0.1) is 6.07 Å². The van der Waals surface area contributed by atoms with Crippen LogP contribution in [0, 0.1) is 52.3 Å². The number of esters is 1. The molecule has 0 aromatic rings. The molecule has 6 unspecified atom stereocenters. The minimum atomic E-state index is -0.373. The molecule has 3 nitrogen and oxygen atoms in total. The first kappa shape index (κ1) is 23.4. The van der Waals surface area contributed by atoms with Crippen LogP contribution in [0.25, 0.3) is 0 Å². The lowest BCUT2D eigenvalue weighted by Gasteiger charge is -2.56. The highest BCUT2D eigenvalue weighted by Gasteiger charge is 2.60. The van der Waals surface area contributed by atoms with Crippen molar-refractivity contribution in [1.29, 1.82) is 5.26 Å². The van der Waals surface area contributed by atoms with Crippen LogP contribution in [0.5, 0.6) is 0 Å². The van der Waals surface area contributed by atoms with E-state index >= 15 is 0 Å². The third-order valence-electron chi connectivity index (χ3n) is 9.17. The lowest BCUT2D eigenvalue weighted by molar-refractivity contribution is -0.196. The van der Waals surface area contributed by atoms with Crippen LogP contribution in [0.3, 0.4) is 0 Å². The van der Waals surface area contributed by atoms with Gasteiger partial charge in [-0.15, -0.1) is 0 Å². The topological polar surface area (TPSA) is 50.1 Å². The zero-order valence-corrected chi connectivity index (χ0v) is 20.0. The molecule has 0 amide bonds. The van der Waals surface area contributed by atoms with Crippen LogP contribution in [-0.2, 0) is 9.53 Å². The van der Waals surface area contributed by atoms with Crippen LogP contribution < -0.4 is 0 Å². The number of carbonyl (C=O) groups is 1. The van der Waals surface area contributed by atoms with Crippen LogP contribution in [0.1, 0.15) is 98.8 Å². The number of nitriles is 1. The Hall–Kier alpha value is -1.30. The van der Waals surface area contributed by atoms with E-state index in [1.807, 2.05) is 6.08 Å². The Balaban J connectivity index is 1.72. The third-order valence-corrected chi connectivity index (χ3v) is 9.17. The molecule has 2 aliphatic carbocycles. The quantitative estimate of drug-likeness (QED) is 0.316. The summed E-state index contributed by atoms with van der Waals surface area (Å²) in [7, 11) is 0. The van der Waals surface area contributed by atoms with E-state index < -0.39 is 0 Å². The van der Waals surface area contributed by atoms with E-state index in [4.69, 9.17) is 10.00 Å². The maximum absolute atomic E-state index is 12.6. The summed E-state index contributed by atoms with van der Waals surface area (Å²) < 4.78 is 6.00. The summed E-state index contributed by atoms with van der Waals surface area (Å²) in [5.41, 5.74) is 0.0136. The fraction of sp³-hybridized carbons (Fsp3) is 0.852. The maximum Gasteiger partial charge on any atom is 0.306 e. The number of allylic oxidation sites excluding steroid dienone is 2. The van der Waals surface area contributed by atoms with Crippen LogP contribution in [0.4, 0.5) is 0 Å². The lowest BCUT2D eigenvalue weighted by Crippen LogP contribution is -2.55. The molecule has 30 heavy (non-hydrogen) atoms. The Labute approximate surface area is 184 Å². The number of cyclic esters (lactones) is 1. The smallest absolute Gasteiger partial charge is 0.306 e. The molecular formula is C27H43NO2. The van der Waals surface area contributed by atoms with Crippen molar-refractivity contribution in [2.75, 3.05) is 0 Å². The molecule has 0 N–H and O–H groups in total. The first-order chi connectivity index (χ1) is 14.2. The molecule has 0 aromatic carbocycles. The fourth-order valence-corrected chi connectivity index (χ4v) is 7.67. The second-order valence-electron chi connectivity index (χ2n) is 11.5. The zero-order valence-electron chi connectivity index (χ0n) is 20.0. The molecule has 3 heteroatoms. The zero-order chi connectivity index (χ0) is 21.9. The van der Waals surface area contributed by atoms with Gasteiger partial charge in [0.25, 0.3) is 0 Å². The molecule has 1 saturated heterocycles. The van der Waals surface area contributed by atoms with E-state index in [2.05, 4.69) is 40.7 Å². The predicted molar refractivity (Wildman–Crippen MR) is 121 cm³/mol. The Bertz CT molecular complexity index is 677. The lowest BCUT2D eigenvalue weighted by atomic mass is 9.52. The molecule has 2 saturated carbocycles. The predicted octanol–water partition coefficient (Wildman–Crippen LogP) is 7.07. The van der Waals surface area contributed by atoms with Gasteiger partial charge in [-0.25, -0.2) is 0 Å². The summed E-state index contributed by atoms with van der Waals surface area (Å²) in [4.78, 5) is 12.6. The maximum atomic E-state index is 12.6. The van der Waals surface area contributed by atoms with Crippen molar-refractivity contribution >= 4 is 5.97 Å². The van der Waals surface area contributed by atoms with Crippen molar-refractivity contribution in [3.05, 3.63) is 12.2 Å². The van der Waals surface area contributed by atoms with Gasteiger partial charge < -0.3 is 4.74 Å². The number of hydrogen-bond acceptors (Lipinski definition) is 3. The van der Waals surface area contributed by atoms with Crippen molar-refractivity contribution in [2.24, 2.45) is 40.9 Å². The second kappa shape index (κ2) is 9.46. The molecule has 7 atom stereocenters. The van der Waals surface area contributed by atoms with Gasteiger partial charge >= 0.3 is 5.97 Å². The first-order valence-electron chi connectivity index (χ1n) is 12.5. The van der Waals surface area contributed by atoms with Crippen LogP contribution in [0.15, 0.2) is 12.2 Å². The molecule has 3 aliphatic rings. The van der Waals surface area contributed by atoms with Crippen LogP contribution in [0.2, 0.25) is 0 Å². The van der Waals surface area contributed by atoms with Crippen molar-refractivity contribution in [3.63, 3.8) is 0 Å². The van der Waals surface area contributed by atoms with E-state index in [-0.39, 0.29) is 11.6 Å². The molecule has 3 fully saturated rings. The second-order valence-corrected chi connectivity index (χ2v) is 11.5. The largest absolute Gasteiger partial charge is 0.459 e. The Morgan fingerprint density at radius 3 is 2.63 bits per heavy atom. The molecule has 1 heterocycles. The van der Waals surface area contributed by atoms with Gasteiger partial charge in [-0.05, 0) is 80.5 Å². The highest BCUT2D eigenvalue weighted by atomic mass is 16.6. The number of carbonyl (C=O) groups excluding carboxylic acids is 1. The summed E-state index contributed by atoms with van der Waals surface area (Å²) >= 11 is 0. The van der Waals surface area contributed by atoms with Crippen LogP contribution >= 0.6 is 0 Å². The van der Waals surface area contributed by atoms with Crippen molar-refractivity contribution in [1.82, 2.24) is 0 Å². The molecule has 1 aliphatic heterocycles. The van der Waals surface area contributed by atoms with Gasteiger partial charge in [0, 0.05) is 18.4 Å². The van der Waals surface area contributed by atoms with Crippen molar-refractivity contribution < 1.29 is 9.53 Å². The molecular weight excluding hydrogens is 370 g/mol. The summed E-state index contributed by atoms with van der Waals surface area (Å²) in [5.74, 6) is 4.00. The van der Waals surface area contributed by atoms with Gasteiger partial charge in [-0.1, -0.05) is 53.0 Å². The van der Waals surface area contributed by atoms with Gasteiger partial charge in [0.1, 0.15) is 5.60 Å². The van der Waals surface area contributed by atoms with Gasteiger partial charge in [-0.3, -0.25) is 4.79 Å². The summed E-state index contributed by atoms with van der Waals surface area (Å²) in [6.07, 6.45) is 14.8. The van der Waals surface area contributed by atoms with E-state index in [1.165, 1.54) is 44.9 Å². The summed E-state index contributed by atoms with van der Waals surface area (Å²) in [5, 5.41) is 8.76. The molecule has 3 rings (SSSR count). The molecule has 168 valence electrons. The summed E-state index contributed by atoms with van der Waals surface area (Å²) in [6, 6.07) is 2.07. The van der Waals surface area contributed by atoms with E-state index in [9.17, 15) is 4.79 Å². The highest BCUT2D eigenvalue weighted by Crippen LogP contribution is 2.64. The molecule has 0 spiro atoms. The number of ether oxygens (including phenoxy) is 1. The van der Waals surface area contributed by atoms with Crippen molar-refractivity contribution in [2.45, 2.75) is 104 Å². The highest BCUT2D eigenvalue weighted by molar-refractivity contribution is 5.71. The monoisotopic (exact) mass is 413 g/mol. The minimum absolute atomic E-state index is 0.000643. The minimum Gasteiger partial charge on any atom is -0.459 e. The third kappa shape index (κ3) is 4.63. The Morgan fingerprint density at radius 1 is 1.17 bits per heavy atom. The SMILES string of the molecule is CC(C)CCCC(C)[C@H]1CCC2C3CC(=O)OC(C)(CC/C=C/C#N)C3CCC21C. The number of fused-ring (bicyclic) bond motifs is 3. The molecule has 0 bridgehead atoms. The number of nitrogens with zero attached hydrogens (tertiary/aromatic N) is 1. The average molecular weight is 414 g/mol. The standard InChI is InChI=1S/C27H43NO2/c1-19(2)10-9-11-20(3)22-12-13-23-21-18-25(29)30-27(5,15-7-6-8-17-28)24(21)14-16-26(22,23)4/h6,8,19-24H,7,9-16,18H2,1-5H3/b8-6+/t20?,21?,22-,23?,24?,26?,27?/m1/s1. The van der Waals surface area contributed by atoms with Gasteiger partial charge in [0.15, 0.2) is 0 Å². The normalized spacial score (nSPS) is 39.4. The van der Waals surface area contributed by atoms with Crippen LogP contribution in [-0.4, -0.2) is 11.6 Å². The van der Waals surface area contributed by atoms with Gasteiger partial charge in [-0.2, -0.15) is 5.26 Å². The van der Waals surface area contributed by atoms with E-state index in [0.717, 1.165) is 30.6 Å². The fourth-order valence-electron chi connectivity index (χ4n) is 7.67. The van der Waals surface area contributed by atoms with Crippen molar-refractivity contribution in [3.8, 4) is 6.07 Å². The molecule has 0 radical (unpaired) electrons. The first-order valence-corrected chi connectivity index (χ1v) is 12.5. The Morgan fingerprint density at radius 2 is 1.93 bits per heavy atom. The summed E-state index contributed by atoms with van der Waals surface area (Å²) in [6.45, 7) is 11.9. The average Bonchev–Trinajstić information content (AvgIpc) is 3.02. The van der Waals surface area contributed by atoms with E-state index in [0.29, 0.717) is 29.6 Å². The number of rotatable bonds is 8. The Kier molecular flexibility index (Phi) is 7.36. The molecule has 0 aromatic heterocycles. The van der Waals surface area contributed by atoms with E-state index in [1.54, 1.807) is 6.08 Å².